The molecule has 2 aromatic rings. The van der Waals surface area contributed by atoms with Crippen molar-refractivity contribution < 1.29 is 18.9 Å². The highest BCUT2D eigenvalue weighted by Crippen LogP contribution is 2.25. The Morgan fingerprint density at radius 2 is 2.18 bits per heavy atom. The summed E-state index contributed by atoms with van der Waals surface area (Å²) in [6, 6.07) is 7.74. The van der Waals surface area contributed by atoms with E-state index in [1.807, 2.05) is 0 Å². The van der Waals surface area contributed by atoms with Gasteiger partial charge < -0.3 is 15.1 Å². The fourth-order valence-electron chi connectivity index (χ4n) is 3.29. The Balaban J connectivity index is 1.58. The molecule has 0 spiro atoms. The third kappa shape index (κ3) is 4.74. The van der Waals surface area contributed by atoms with Gasteiger partial charge in [0.25, 0.3) is 5.69 Å². The number of hydrogen-bond donors (Lipinski definition) is 2. The summed E-state index contributed by atoms with van der Waals surface area (Å²) in [5, 5.41) is 16.6. The van der Waals surface area contributed by atoms with E-state index in [2.05, 4.69) is 10.6 Å². The molecule has 1 unspecified atom stereocenters. The van der Waals surface area contributed by atoms with Gasteiger partial charge in [-0.15, -0.1) is 0 Å². The molecule has 1 saturated heterocycles. The molecule has 0 bridgehead atoms. The van der Waals surface area contributed by atoms with Crippen LogP contribution in [0.3, 0.4) is 0 Å². The van der Waals surface area contributed by atoms with Crippen LogP contribution in [0.1, 0.15) is 24.2 Å². The van der Waals surface area contributed by atoms with E-state index >= 15 is 0 Å². The lowest BCUT2D eigenvalue weighted by Gasteiger charge is -2.23. The molecule has 1 aliphatic rings. The van der Waals surface area contributed by atoms with E-state index in [1.54, 1.807) is 30.0 Å². The van der Waals surface area contributed by atoms with E-state index in [0.717, 1.165) is 12.0 Å². The third-order valence-corrected chi connectivity index (χ3v) is 4.65. The zero-order chi connectivity index (χ0) is 20.1. The monoisotopic (exact) mass is 386 g/mol. The zero-order valence-corrected chi connectivity index (χ0v) is 15.5. The Kier molecular flexibility index (Phi) is 6.05. The number of nitrogens with zero attached hydrogens (tertiary/aromatic N) is 2. The number of likely N-dealkylation sites (tertiary alicyclic amines) is 1. The summed E-state index contributed by atoms with van der Waals surface area (Å²) in [7, 11) is 0. The average Bonchev–Trinajstić information content (AvgIpc) is 3.33. The summed E-state index contributed by atoms with van der Waals surface area (Å²) in [5.41, 5.74) is 0.735. The number of benzene rings is 1. The Labute approximate surface area is 161 Å². The molecule has 28 heavy (non-hydrogen) atoms. The molecule has 1 fully saturated rings. The fraction of sp³-hybridized carbons (Fsp3) is 0.368. The lowest BCUT2D eigenvalue weighted by molar-refractivity contribution is -0.384. The highest BCUT2D eigenvalue weighted by atomic mass is 16.6. The zero-order valence-electron chi connectivity index (χ0n) is 15.5. The van der Waals surface area contributed by atoms with Crippen LogP contribution in [0.2, 0.25) is 0 Å². The SMILES string of the molecule is Cc1ccc(NC(=O)CN2CCCC2C(=O)NCc2ccco2)c([N+](=O)[O-])c1. The van der Waals surface area contributed by atoms with Gasteiger partial charge in [0.15, 0.2) is 0 Å². The number of amides is 2. The first-order valence-electron chi connectivity index (χ1n) is 9.03. The first-order chi connectivity index (χ1) is 13.4. The second-order valence-corrected chi connectivity index (χ2v) is 6.75. The van der Waals surface area contributed by atoms with Crippen LogP contribution < -0.4 is 10.6 Å². The van der Waals surface area contributed by atoms with Gasteiger partial charge in [-0.25, -0.2) is 0 Å². The van der Waals surface area contributed by atoms with Crippen LogP contribution in [0.15, 0.2) is 41.0 Å². The quantitative estimate of drug-likeness (QED) is 0.556. The molecule has 2 amide bonds. The Morgan fingerprint density at radius 3 is 2.89 bits per heavy atom. The molecule has 9 nitrogen and oxygen atoms in total. The molecule has 2 N–H and O–H groups in total. The molecule has 0 saturated carbocycles. The minimum absolute atomic E-state index is 0.0101. The Morgan fingerprint density at radius 1 is 1.36 bits per heavy atom. The number of anilines is 1. The Hall–Kier alpha value is -3.20. The van der Waals surface area contributed by atoms with E-state index in [4.69, 9.17) is 4.42 Å². The summed E-state index contributed by atoms with van der Waals surface area (Å²) >= 11 is 0. The lowest BCUT2D eigenvalue weighted by atomic mass is 10.2. The van der Waals surface area contributed by atoms with Crippen LogP contribution in [0, 0.1) is 17.0 Å². The minimum Gasteiger partial charge on any atom is -0.467 e. The molecule has 0 radical (unpaired) electrons. The van der Waals surface area contributed by atoms with Gasteiger partial charge >= 0.3 is 0 Å². The van der Waals surface area contributed by atoms with Crippen molar-refractivity contribution in [2.75, 3.05) is 18.4 Å². The second kappa shape index (κ2) is 8.66. The molecule has 3 rings (SSSR count). The first-order valence-corrected chi connectivity index (χ1v) is 9.03. The van der Waals surface area contributed by atoms with Crippen molar-refractivity contribution in [1.82, 2.24) is 10.2 Å². The maximum Gasteiger partial charge on any atom is 0.293 e. The number of nitrogens with one attached hydrogen (secondary N) is 2. The molecular formula is C19H22N4O5. The van der Waals surface area contributed by atoms with Crippen molar-refractivity contribution in [1.29, 1.82) is 0 Å². The summed E-state index contributed by atoms with van der Waals surface area (Å²) < 4.78 is 5.20. The van der Waals surface area contributed by atoms with Crippen molar-refractivity contribution in [2.24, 2.45) is 0 Å². The van der Waals surface area contributed by atoms with Gasteiger partial charge in [0, 0.05) is 6.07 Å². The van der Waals surface area contributed by atoms with Gasteiger partial charge in [0.1, 0.15) is 11.4 Å². The van der Waals surface area contributed by atoms with Crippen LogP contribution >= 0.6 is 0 Å². The number of hydrogen-bond acceptors (Lipinski definition) is 6. The predicted octanol–water partition coefficient (Wildman–Crippen LogP) is 2.22. The van der Waals surface area contributed by atoms with Gasteiger partial charge in [0.05, 0.1) is 30.3 Å². The number of carbonyl (C=O) groups excluding carboxylic acids is 2. The van der Waals surface area contributed by atoms with E-state index in [-0.39, 0.29) is 30.4 Å². The lowest BCUT2D eigenvalue weighted by Crippen LogP contribution is -2.45. The van der Waals surface area contributed by atoms with Crippen molar-refractivity contribution in [2.45, 2.75) is 32.4 Å². The van der Waals surface area contributed by atoms with Crippen molar-refractivity contribution in [3.63, 3.8) is 0 Å². The second-order valence-electron chi connectivity index (χ2n) is 6.75. The summed E-state index contributed by atoms with van der Waals surface area (Å²) in [4.78, 5) is 37.3. The van der Waals surface area contributed by atoms with E-state index in [9.17, 15) is 19.7 Å². The first kappa shape index (κ1) is 19.6. The van der Waals surface area contributed by atoms with Gasteiger partial charge in [-0.05, 0) is 50.1 Å². The van der Waals surface area contributed by atoms with E-state index in [1.165, 1.54) is 18.4 Å². The molecule has 0 aliphatic carbocycles. The number of nitro benzene ring substituents is 1. The highest BCUT2D eigenvalue weighted by molar-refractivity contribution is 5.95. The van der Waals surface area contributed by atoms with Gasteiger partial charge in [0.2, 0.25) is 11.8 Å². The van der Waals surface area contributed by atoms with E-state index < -0.39 is 16.9 Å². The molecule has 1 aromatic carbocycles. The van der Waals surface area contributed by atoms with Gasteiger partial charge in [-0.2, -0.15) is 0 Å². The molecule has 1 aromatic heterocycles. The fourth-order valence-corrected chi connectivity index (χ4v) is 3.29. The van der Waals surface area contributed by atoms with Crippen molar-refractivity contribution in [3.05, 3.63) is 58.0 Å². The molecule has 1 aliphatic heterocycles. The number of nitro groups is 1. The maximum atomic E-state index is 12.5. The van der Waals surface area contributed by atoms with Crippen LogP contribution in [0.25, 0.3) is 0 Å². The van der Waals surface area contributed by atoms with Crippen molar-refractivity contribution in [3.8, 4) is 0 Å². The number of carbonyl (C=O) groups is 2. The minimum atomic E-state index is -0.524. The van der Waals surface area contributed by atoms with Crippen molar-refractivity contribution >= 4 is 23.2 Å². The Bertz CT molecular complexity index is 865. The summed E-state index contributed by atoms with van der Waals surface area (Å²) in [5.74, 6) is 0.100. The summed E-state index contributed by atoms with van der Waals surface area (Å²) in [6.07, 6.45) is 3.00. The third-order valence-electron chi connectivity index (χ3n) is 4.65. The van der Waals surface area contributed by atoms with E-state index in [0.29, 0.717) is 18.7 Å². The largest absolute Gasteiger partial charge is 0.467 e. The van der Waals surface area contributed by atoms with Crippen LogP contribution in [-0.4, -0.2) is 40.8 Å². The highest BCUT2D eigenvalue weighted by Gasteiger charge is 2.32. The summed E-state index contributed by atoms with van der Waals surface area (Å²) in [6.45, 7) is 2.64. The smallest absolute Gasteiger partial charge is 0.293 e. The molecule has 148 valence electrons. The number of furan rings is 1. The standard InChI is InChI=1S/C19H22N4O5/c1-13-6-7-15(17(10-13)23(26)27)21-18(24)12-22-8-2-5-16(22)19(25)20-11-14-4-3-9-28-14/h3-4,6-7,9-10,16H,2,5,8,11-12H2,1H3,(H,20,25)(H,21,24). The van der Waals surface area contributed by atoms with Gasteiger partial charge in [-0.1, -0.05) is 6.07 Å². The molecule has 9 heteroatoms. The molecule has 2 heterocycles. The van der Waals surface area contributed by atoms with Gasteiger partial charge in [-0.3, -0.25) is 24.6 Å². The number of aryl methyl sites for hydroxylation is 1. The van der Waals surface area contributed by atoms with Crippen LogP contribution in [-0.2, 0) is 16.1 Å². The average molecular weight is 386 g/mol. The predicted molar refractivity (Wildman–Crippen MR) is 102 cm³/mol. The molecule has 1 atom stereocenters. The topological polar surface area (TPSA) is 118 Å². The molecular weight excluding hydrogens is 364 g/mol. The normalized spacial score (nSPS) is 16.7. The van der Waals surface area contributed by atoms with Crippen LogP contribution in [0.5, 0.6) is 0 Å². The maximum absolute atomic E-state index is 12.5. The van der Waals surface area contributed by atoms with Crippen LogP contribution in [0.4, 0.5) is 11.4 Å². The number of rotatable bonds is 7.